The highest BCUT2D eigenvalue weighted by molar-refractivity contribution is 5.69. The van der Waals surface area contributed by atoms with Gasteiger partial charge in [-0.05, 0) is 5.92 Å². The molecule has 0 radical (unpaired) electrons. The van der Waals surface area contributed by atoms with Gasteiger partial charge in [-0.2, -0.15) is 0 Å². The first-order chi connectivity index (χ1) is 7.02. The topological polar surface area (TPSA) is 69.6 Å². The molecule has 3 N–H and O–H groups in total. The molecule has 0 saturated heterocycles. The summed E-state index contributed by atoms with van der Waals surface area (Å²) in [5, 5.41) is 21.4. The van der Waals surface area contributed by atoms with Crippen molar-refractivity contribution in [2.45, 2.75) is 39.7 Å². The minimum absolute atomic E-state index is 0.303. The normalized spacial score (nSPS) is 15.3. The third-order valence-corrected chi connectivity index (χ3v) is 2.82. The Morgan fingerprint density at radius 2 is 1.80 bits per heavy atom. The van der Waals surface area contributed by atoms with Crippen LogP contribution < -0.4 is 5.32 Å². The molecule has 4 heteroatoms. The Labute approximate surface area is 91.7 Å². The molecule has 0 saturated carbocycles. The Bertz CT molecular complexity index is 181. The lowest BCUT2D eigenvalue weighted by atomic mass is 9.96. The zero-order valence-corrected chi connectivity index (χ0v) is 9.86. The number of aliphatic hydroxyl groups is 1. The highest BCUT2D eigenvalue weighted by Crippen LogP contribution is 2.12. The molecule has 0 aromatic carbocycles. The maximum atomic E-state index is 10.5. The Balaban J connectivity index is 3.71. The molecule has 0 rings (SSSR count). The smallest absolute Gasteiger partial charge is 0.307 e. The summed E-state index contributed by atoms with van der Waals surface area (Å²) in [5.74, 6) is -0.906. The molecule has 15 heavy (non-hydrogen) atoms. The van der Waals surface area contributed by atoms with E-state index in [4.69, 9.17) is 5.11 Å². The summed E-state index contributed by atoms with van der Waals surface area (Å²) in [6.45, 7) is 6.64. The Kier molecular flexibility index (Phi) is 7.34. The van der Waals surface area contributed by atoms with Gasteiger partial charge in [0.15, 0.2) is 0 Å². The van der Waals surface area contributed by atoms with Crippen molar-refractivity contribution in [3.63, 3.8) is 0 Å². The number of aliphatic carboxylic acids is 1. The van der Waals surface area contributed by atoms with Crippen molar-refractivity contribution in [1.82, 2.24) is 5.32 Å². The van der Waals surface area contributed by atoms with Gasteiger partial charge in [0.05, 0.1) is 12.0 Å². The summed E-state index contributed by atoms with van der Waals surface area (Å²) in [4.78, 5) is 10.5. The fourth-order valence-corrected chi connectivity index (χ4v) is 1.53. The Hall–Kier alpha value is -0.610. The second-order valence-corrected chi connectivity index (χ2v) is 4.04. The van der Waals surface area contributed by atoms with E-state index in [0.29, 0.717) is 19.0 Å². The van der Waals surface area contributed by atoms with E-state index in [9.17, 15) is 9.90 Å². The molecule has 0 aromatic rings. The van der Waals surface area contributed by atoms with Crippen molar-refractivity contribution in [3.05, 3.63) is 0 Å². The SMILES string of the molecule is CCC(CC)C(O)CNCC(C)C(=O)O. The molecule has 0 bridgehead atoms. The predicted molar refractivity (Wildman–Crippen MR) is 59.7 cm³/mol. The average Bonchev–Trinajstić information content (AvgIpc) is 2.19. The van der Waals surface area contributed by atoms with Crippen molar-refractivity contribution >= 4 is 5.97 Å². The lowest BCUT2D eigenvalue weighted by Gasteiger charge is -2.20. The maximum absolute atomic E-state index is 10.5. The quantitative estimate of drug-likeness (QED) is 0.569. The molecule has 0 amide bonds. The number of hydrogen-bond donors (Lipinski definition) is 3. The van der Waals surface area contributed by atoms with Gasteiger partial charge in [0, 0.05) is 13.1 Å². The first kappa shape index (κ1) is 14.4. The van der Waals surface area contributed by atoms with E-state index in [1.54, 1.807) is 6.92 Å². The molecule has 2 unspecified atom stereocenters. The monoisotopic (exact) mass is 217 g/mol. The van der Waals surface area contributed by atoms with Gasteiger partial charge in [-0.25, -0.2) is 0 Å². The summed E-state index contributed by atoms with van der Waals surface area (Å²) >= 11 is 0. The van der Waals surface area contributed by atoms with E-state index in [-0.39, 0.29) is 6.10 Å². The van der Waals surface area contributed by atoms with Crippen molar-refractivity contribution in [2.75, 3.05) is 13.1 Å². The Morgan fingerprint density at radius 3 is 2.20 bits per heavy atom. The second-order valence-electron chi connectivity index (χ2n) is 4.04. The molecule has 0 aliphatic heterocycles. The van der Waals surface area contributed by atoms with E-state index in [1.165, 1.54) is 0 Å². The molecule has 0 spiro atoms. The molecular weight excluding hydrogens is 194 g/mol. The van der Waals surface area contributed by atoms with Gasteiger partial charge in [0.25, 0.3) is 0 Å². The number of nitrogens with one attached hydrogen (secondary N) is 1. The maximum Gasteiger partial charge on any atom is 0.307 e. The van der Waals surface area contributed by atoms with E-state index >= 15 is 0 Å². The van der Waals surface area contributed by atoms with Crippen LogP contribution in [0.1, 0.15) is 33.6 Å². The van der Waals surface area contributed by atoms with Crippen LogP contribution in [0.2, 0.25) is 0 Å². The van der Waals surface area contributed by atoms with Crippen LogP contribution in [-0.2, 0) is 4.79 Å². The Morgan fingerprint density at radius 1 is 1.27 bits per heavy atom. The van der Waals surface area contributed by atoms with E-state index in [0.717, 1.165) is 12.8 Å². The predicted octanol–water partition coefficient (Wildman–Crippen LogP) is 1.09. The molecule has 90 valence electrons. The number of carboxylic acid groups (broad SMARTS) is 1. The summed E-state index contributed by atoms with van der Waals surface area (Å²) < 4.78 is 0. The van der Waals surface area contributed by atoms with Crippen molar-refractivity contribution < 1.29 is 15.0 Å². The van der Waals surface area contributed by atoms with Crippen LogP contribution in [0, 0.1) is 11.8 Å². The molecule has 0 aliphatic rings. The van der Waals surface area contributed by atoms with Crippen molar-refractivity contribution in [2.24, 2.45) is 11.8 Å². The van der Waals surface area contributed by atoms with Gasteiger partial charge in [-0.15, -0.1) is 0 Å². The van der Waals surface area contributed by atoms with E-state index in [1.807, 2.05) is 0 Å². The zero-order valence-electron chi connectivity index (χ0n) is 9.86. The van der Waals surface area contributed by atoms with Gasteiger partial charge in [0.1, 0.15) is 0 Å². The fraction of sp³-hybridized carbons (Fsp3) is 0.909. The average molecular weight is 217 g/mol. The van der Waals surface area contributed by atoms with Gasteiger partial charge < -0.3 is 15.5 Å². The number of aliphatic hydroxyl groups excluding tert-OH is 1. The number of rotatable bonds is 8. The number of hydrogen-bond acceptors (Lipinski definition) is 3. The highest BCUT2D eigenvalue weighted by atomic mass is 16.4. The lowest BCUT2D eigenvalue weighted by Crippen LogP contribution is -2.36. The van der Waals surface area contributed by atoms with Crippen LogP contribution in [0.3, 0.4) is 0 Å². The third kappa shape index (κ3) is 5.74. The molecule has 0 aliphatic carbocycles. The van der Waals surface area contributed by atoms with Gasteiger partial charge in [-0.3, -0.25) is 4.79 Å². The van der Waals surface area contributed by atoms with Crippen LogP contribution in [0.5, 0.6) is 0 Å². The summed E-state index contributed by atoms with van der Waals surface area (Å²) in [6.07, 6.45) is 1.53. The first-order valence-electron chi connectivity index (χ1n) is 5.64. The number of carboxylic acids is 1. The van der Waals surface area contributed by atoms with E-state index < -0.39 is 11.9 Å². The highest BCUT2D eigenvalue weighted by Gasteiger charge is 2.16. The molecule has 0 fully saturated rings. The third-order valence-electron chi connectivity index (χ3n) is 2.82. The molecular formula is C11H23NO3. The summed E-state index contributed by atoms with van der Waals surface area (Å²) in [5.41, 5.74) is 0. The lowest BCUT2D eigenvalue weighted by molar-refractivity contribution is -0.141. The van der Waals surface area contributed by atoms with Crippen LogP contribution in [0.4, 0.5) is 0 Å². The molecule has 2 atom stereocenters. The van der Waals surface area contributed by atoms with Crippen molar-refractivity contribution in [1.29, 1.82) is 0 Å². The summed E-state index contributed by atoms with van der Waals surface area (Å²) in [7, 11) is 0. The van der Waals surface area contributed by atoms with Crippen LogP contribution in [0.25, 0.3) is 0 Å². The zero-order chi connectivity index (χ0) is 11.8. The van der Waals surface area contributed by atoms with Crippen molar-refractivity contribution in [3.8, 4) is 0 Å². The molecule has 0 heterocycles. The molecule has 0 aromatic heterocycles. The van der Waals surface area contributed by atoms with E-state index in [2.05, 4.69) is 19.2 Å². The summed E-state index contributed by atoms with van der Waals surface area (Å²) in [6, 6.07) is 0. The minimum atomic E-state index is -0.806. The minimum Gasteiger partial charge on any atom is -0.481 e. The second kappa shape index (κ2) is 7.65. The van der Waals surface area contributed by atoms with Crippen LogP contribution in [0.15, 0.2) is 0 Å². The number of carbonyl (C=O) groups is 1. The van der Waals surface area contributed by atoms with Gasteiger partial charge >= 0.3 is 5.97 Å². The fourth-order valence-electron chi connectivity index (χ4n) is 1.53. The largest absolute Gasteiger partial charge is 0.481 e. The van der Waals surface area contributed by atoms with Gasteiger partial charge in [-0.1, -0.05) is 33.6 Å². The first-order valence-corrected chi connectivity index (χ1v) is 5.64. The van der Waals surface area contributed by atoms with Gasteiger partial charge in [0.2, 0.25) is 0 Å². The van der Waals surface area contributed by atoms with Crippen LogP contribution in [-0.4, -0.2) is 35.4 Å². The van der Waals surface area contributed by atoms with Crippen LogP contribution >= 0.6 is 0 Å². The molecule has 4 nitrogen and oxygen atoms in total. The standard InChI is InChI=1S/C11H23NO3/c1-4-9(5-2)10(13)7-12-6-8(3)11(14)15/h8-10,12-13H,4-7H2,1-3H3,(H,14,15).